The van der Waals surface area contributed by atoms with Crippen LogP contribution in [0.1, 0.15) is 18.3 Å². The van der Waals surface area contributed by atoms with Crippen LogP contribution in [0, 0.1) is 6.20 Å². The Hall–Kier alpha value is -1.59. The van der Waals surface area contributed by atoms with Crippen molar-refractivity contribution in [2.24, 2.45) is 0 Å². The summed E-state index contributed by atoms with van der Waals surface area (Å²) in [4.78, 5) is 7.31. The molecule has 1 radical (unpaired) electrons. The zero-order chi connectivity index (χ0) is 11.1. The van der Waals surface area contributed by atoms with Gasteiger partial charge in [0.15, 0.2) is 0 Å². The van der Waals surface area contributed by atoms with Crippen molar-refractivity contribution in [2.45, 2.75) is 19.5 Å². The SMILES string of the molecule is CCc1[c]n2ccc(C(F)(F)F)nc2n1. The van der Waals surface area contributed by atoms with Gasteiger partial charge >= 0.3 is 6.18 Å². The molecule has 0 saturated heterocycles. The molecule has 0 bridgehead atoms. The number of hydrogen-bond donors (Lipinski definition) is 0. The van der Waals surface area contributed by atoms with E-state index in [1.165, 1.54) is 10.6 Å². The first kappa shape index (κ1) is 9.95. The lowest BCUT2D eigenvalue weighted by Gasteiger charge is -2.04. The Balaban J connectivity index is 2.55. The van der Waals surface area contributed by atoms with E-state index in [4.69, 9.17) is 0 Å². The third kappa shape index (κ3) is 1.79. The first-order chi connectivity index (χ1) is 7.00. The molecule has 0 fully saturated rings. The van der Waals surface area contributed by atoms with Crippen LogP contribution in [0.4, 0.5) is 13.2 Å². The lowest BCUT2D eigenvalue weighted by Crippen LogP contribution is -2.08. The van der Waals surface area contributed by atoms with E-state index in [-0.39, 0.29) is 5.78 Å². The van der Waals surface area contributed by atoms with Crippen LogP contribution in [0.5, 0.6) is 0 Å². The molecular weight excluding hydrogens is 207 g/mol. The number of imidazole rings is 1. The van der Waals surface area contributed by atoms with Crippen LogP contribution in [0.25, 0.3) is 5.78 Å². The number of aryl methyl sites for hydroxylation is 1. The van der Waals surface area contributed by atoms with E-state index < -0.39 is 11.9 Å². The van der Waals surface area contributed by atoms with Crippen LogP contribution >= 0.6 is 0 Å². The van der Waals surface area contributed by atoms with Gasteiger partial charge in [0.1, 0.15) is 5.69 Å². The number of hydrogen-bond acceptors (Lipinski definition) is 2. The number of halogens is 3. The summed E-state index contributed by atoms with van der Waals surface area (Å²) in [5, 5.41) is 0. The number of nitrogens with zero attached hydrogens (tertiary/aromatic N) is 3. The first-order valence-corrected chi connectivity index (χ1v) is 4.35. The van der Waals surface area contributed by atoms with Crippen LogP contribution < -0.4 is 0 Å². The first-order valence-electron chi connectivity index (χ1n) is 4.35. The summed E-state index contributed by atoms with van der Waals surface area (Å²) in [5.74, 6) is 0.0293. The second kappa shape index (κ2) is 3.22. The molecule has 0 N–H and O–H groups in total. The molecule has 0 atom stereocenters. The van der Waals surface area contributed by atoms with E-state index in [9.17, 15) is 13.2 Å². The second-order valence-corrected chi connectivity index (χ2v) is 3.00. The maximum absolute atomic E-state index is 12.3. The number of fused-ring (bicyclic) bond motifs is 1. The summed E-state index contributed by atoms with van der Waals surface area (Å²) in [6.07, 6.45) is 0.246. The minimum atomic E-state index is -4.43. The smallest absolute Gasteiger partial charge is 0.282 e. The Bertz CT molecular complexity index is 487. The van der Waals surface area contributed by atoms with Gasteiger partial charge in [0.2, 0.25) is 5.78 Å². The molecule has 0 aliphatic heterocycles. The molecule has 3 nitrogen and oxygen atoms in total. The largest absolute Gasteiger partial charge is 0.433 e. The van der Waals surface area contributed by atoms with Crippen molar-refractivity contribution < 1.29 is 13.2 Å². The number of aromatic nitrogens is 3. The normalized spacial score (nSPS) is 12.3. The molecular formula is C9H7F3N3. The van der Waals surface area contributed by atoms with Gasteiger partial charge < -0.3 is 0 Å². The lowest BCUT2D eigenvalue weighted by molar-refractivity contribution is -0.141. The van der Waals surface area contributed by atoms with E-state index >= 15 is 0 Å². The highest BCUT2D eigenvalue weighted by molar-refractivity contribution is 5.31. The van der Waals surface area contributed by atoms with Crippen LogP contribution in [0.3, 0.4) is 0 Å². The summed E-state index contributed by atoms with van der Waals surface area (Å²) in [5.41, 5.74) is -0.335. The Morgan fingerprint density at radius 2 is 2.13 bits per heavy atom. The lowest BCUT2D eigenvalue weighted by atomic mass is 10.4. The molecule has 2 rings (SSSR count). The van der Waals surface area contributed by atoms with Gasteiger partial charge in [-0.1, -0.05) is 6.92 Å². The fourth-order valence-corrected chi connectivity index (χ4v) is 1.18. The molecule has 15 heavy (non-hydrogen) atoms. The number of alkyl halides is 3. The van der Waals surface area contributed by atoms with Gasteiger partial charge in [0.05, 0.1) is 11.9 Å². The van der Waals surface area contributed by atoms with Gasteiger partial charge in [-0.15, -0.1) is 0 Å². The second-order valence-electron chi connectivity index (χ2n) is 3.00. The zero-order valence-electron chi connectivity index (χ0n) is 7.84. The third-order valence-electron chi connectivity index (χ3n) is 1.93. The van der Waals surface area contributed by atoms with Crippen molar-refractivity contribution >= 4 is 5.78 Å². The van der Waals surface area contributed by atoms with E-state index in [1.807, 2.05) is 6.92 Å². The van der Waals surface area contributed by atoms with Crippen molar-refractivity contribution in [3.8, 4) is 0 Å². The van der Waals surface area contributed by atoms with Crippen molar-refractivity contribution in [1.82, 2.24) is 14.4 Å². The Morgan fingerprint density at radius 1 is 1.40 bits per heavy atom. The van der Waals surface area contributed by atoms with Gasteiger partial charge in [-0.3, -0.25) is 4.40 Å². The highest BCUT2D eigenvalue weighted by Crippen LogP contribution is 2.27. The van der Waals surface area contributed by atoms with E-state index in [1.54, 1.807) is 0 Å². The summed E-state index contributed by atoms with van der Waals surface area (Å²) < 4.78 is 38.2. The molecule has 2 aromatic rings. The van der Waals surface area contributed by atoms with E-state index in [0.29, 0.717) is 12.1 Å². The molecule has 2 heterocycles. The van der Waals surface area contributed by atoms with Crippen molar-refractivity contribution in [3.05, 3.63) is 29.8 Å². The van der Waals surface area contributed by atoms with Crippen molar-refractivity contribution in [1.29, 1.82) is 0 Å². The van der Waals surface area contributed by atoms with Gasteiger partial charge in [0, 0.05) is 6.20 Å². The highest BCUT2D eigenvalue weighted by Gasteiger charge is 2.32. The maximum atomic E-state index is 12.3. The molecule has 6 heteroatoms. The molecule has 0 aliphatic rings. The quantitative estimate of drug-likeness (QED) is 0.727. The number of rotatable bonds is 1. The Labute approximate surface area is 83.6 Å². The van der Waals surface area contributed by atoms with Gasteiger partial charge in [-0.05, 0) is 12.5 Å². The fourth-order valence-electron chi connectivity index (χ4n) is 1.18. The van der Waals surface area contributed by atoms with E-state index in [0.717, 1.165) is 6.07 Å². The topological polar surface area (TPSA) is 30.2 Å². The van der Waals surface area contributed by atoms with Gasteiger partial charge in [-0.2, -0.15) is 13.2 Å². The zero-order valence-corrected chi connectivity index (χ0v) is 7.84. The average molecular weight is 214 g/mol. The molecule has 79 valence electrons. The minimum Gasteiger partial charge on any atom is -0.282 e. The molecule has 2 aromatic heterocycles. The van der Waals surface area contributed by atoms with Gasteiger partial charge in [-0.25, -0.2) is 9.97 Å². The average Bonchev–Trinajstić information content (AvgIpc) is 2.57. The van der Waals surface area contributed by atoms with Crippen LogP contribution in [0.2, 0.25) is 0 Å². The summed E-state index contributed by atoms with van der Waals surface area (Å²) in [6.45, 7) is 1.85. The molecule has 0 spiro atoms. The monoisotopic (exact) mass is 214 g/mol. The fraction of sp³-hybridized carbons (Fsp3) is 0.333. The van der Waals surface area contributed by atoms with Crippen LogP contribution in [0.15, 0.2) is 12.3 Å². The van der Waals surface area contributed by atoms with Crippen molar-refractivity contribution in [3.63, 3.8) is 0 Å². The van der Waals surface area contributed by atoms with Crippen LogP contribution in [-0.4, -0.2) is 14.4 Å². The minimum absolute atomic E-state index is 0.0293. The molecule has 0 saturated carbocycles. The summed E-state index contributed by atoms with van der Waals surface area (Å²) in [7, 11) is 0. The third-order valence-corrected chi connectivity index (χ3v) is 1.93. The predicted octanol–water partition coefficient (Wildman–Crippen LogP) is 2.11. The highest BCUT2D eigenvalue weighted by atomic mass is 19.4. The summed E-state index contributed by atoms with van der Waals surface area (Å²) in [6, 6.07) is 0.907. The summed E-state index contributed by atoms with van der Waals surface area (Å²) >= 11 is 0. The molecule has 0 amide bonds. The van der Waals surface area contributed by atoms with Crippen molar-refractivity contribution in [2.75, 3.05) is 0 Å². The predicted molar refractivity (Wildman–Crippen MR) is 46.2 cm³/mol. The molecule has 0 unspecified atom stereocenters. The molecule has 0 aromatic carbocycles. The van der Waals surface area contributed by atoms with E-state index in [2.05, 4.69) is 16.2 Å². The standard InChI is InChI=1S/C9H7F3N3/c1-2-6-5-15-4-3-7(9(10,11)12)14-8(15)13-6/h3-4H,2H2,1H3. The molecule has 0 aliphatic carbocycles. The Kier molecular flexibility index (Phi) is 2.13. The Morgan fingerprint density at radius 3 is 2.73 bits per heavy atom. The maximum Gasteiger partial charge on any atom is 0.433 e. The van der Waals surface area contributed by atoms with Crippen LogP contribution in [-0.2, 0) is 12.6 Å². The van der Waals surface area contributed by atoms with Gasteiger partial charge in [0.25, 0.3) is 0 Å².